The Bertz CT molecular complexity index is 435. The lowest BCUT2D eigenvalue weighted by molar-refractivity contribution is 0.226. The van der Waals surface area contributed by atoms with Gasteiger partial charge in [0.1, 0.15) is 0 Å². The zero-order valence-corrected chi connectivity index (χ0v) is 11.2. The Morgan fingerprint density at radius 3 is 2.83 bits per heavy atom. The molecule has 0 saturated carbocycles. The third kappa shape index (κ3) is 3.10. The van der Waals surface area contributed by atoms with Gasteiger partial charge in [-0.25, -0.2) is 4.98 Å². The summed E-state index contributed by atoms with van der Waals surface area (Å²) in [5.74, 6) is 1.14. The van der Waals surface area contributed by atoms with Gasteiger partial charge in [-0.2, -0.15) is 0 Å². The van der Waals surface area contributed by atoms with Crippen molar-refractivity contribution in [1.82, 2.24) is 14.5 Å². The molecule has 0 aliphatic carbocycles. The van der Waals surface area contributed by atoms with Crippen LogP contribution in [0.4, 0.5) is 5.82 Å². The van der Waals surface area contributed by atoms with Crippen LogP contribution in [-0.2, 0) is 6.54 Å². The summed E-state index contributed by atoms with van der Waals surface area (Å²) >= 11 is 0. The minimum atomic E-state index is -0.0204. The molecule has 1 aromatic rings. The fourth-order valence-electron chi connectivity index (χ4n) is 2.32. The van der Waals surface area contributed by atoms with E-state index >= 15 is 0 Å². The van der Waals surface area contributed by atoms with Crippen molar-refractivity contribution in [2.24, 2.45) is 5.92 Å². The molecule has 0 unspecified atom stereocenters. The molecule has 100 valence electrons. The van der Waals surface area contributed by atoms with E-state index in [1.54, 1.807) is 17.0 Å². The summed E-state index contributed by atoms with van der Waals surface area (Å²) in [7, 11) is 2.16. The van der Waals surface area contributed by atoms with Gasteiger partial charge < -0.3 is 14.8 Å². The number of nitrogens with one attached hydrogen (secondary N) is 1. The number of hydrogen-bond donors (Lipinski definition) is 1. The first-order valence-electron chi connectivity index (χ1n) is 6.68. The van der Waals surface area contributed by atoms with Crippen LogP contribution in [0.15, 0.2) is 17.2 Å². The number of aromatic nitrogens is 2. The van der Waals surface area contributed by atoms with Crippen molar-refractivity contribution in [3.05, 3.63) is 22.7 Å². The fraction of sp³-hybridized carbons (Fsp3) is 0.692. The largest absolute Gasteiger partial charge is 0.365 e. The maximum Gasteiger partial charge on any atom is 0.293 e. The summed E-state index contributed by atoms with van der Waals surface area (Å²) in [6.45, 7) is 5.79. The number of anilines is 1. The molecule has 1 aliphatic heterocycles. The summed E-state index contributed by atoms with van der Waals surface area (Å²) in [4.78, 5) is 18.4. The van der Waals surface area contributed by atoms with Crippen molar-refractivity contribution in [1.29, 1.82) is 0 Å². The van der Waals surface area contributed by atoms with Crippen LogP contribution < -0.4 is 10.9 Å². The van der Waals surface area contributed by atoms with E-state index < -0.39 is 0 Å². The van der Waals surface area contributed by atoms with Crippen molar-refractivity contribution in [3.8, 4) is 0 Å². The Labute approximate surface area is 108 Å². The number of rotatable bonds is 4. The van der Waals surface area contributed by atoms with Gasteiger partial charge >= 0.3 is 0 Å². The average Bonchev–Trinajstić information content (AvgIpc) is 2.39. The van der Waals surface area contributed by atoms with Gasteiger partial charge in [-0.1, -0.05) is 0 Å². The van der Waals surface area contributed by atoms with E-state index in [2.05, 4.69) is 22.2 Å². The first-order chi connectivity index (χ1) is 8.70. The lowest BCUT2D eigenvalue weighted by Gasteiger charge is -2.28. The first kappa shape index (κ1) is 13.1. The summed E-state index contributed by atoms with van der Waals surface area (Å²) in [5.41, 5.74) is -0.0204. The third-order valence-corrected chi connectivity index (χ3v) is 3.65. The lowest BCUT2D eigenvalue weighted by atomic mass is 9.97. The van der Waals surface area contributed by atoms with Crippen molar-refractivity contribution >= 4 is 5.82 Å². The van der Waals surface area contributed by atoms with Gasteiger partial charge in [0.2, 0.25) is 0 Å². The van der Waals surface area contributed by atoms with Crippen LogP contribution >= 0.6 is 0 Å². The molecule has 2 rings (SSSR count). The zero-order chi connectivity index (χ0) is 13.0. The van der Waals surface area contributed by atoms with E-state index in [-0.39, 0.29) is 5.56 Å². The minimum absolute atomic E-state index is 0.0204. The predicted molar refractivity (Wildman–Crippen MR) is 72.9 cm³/mol. The molecule has 18 heavy (non-hydrogen) atoms. The fourth-order valence-corrected chi connectivity index (χ4v) is 2.32. The molecule has 2 heterocycles. The second-order valence-corrected chi connectivity index (χ2v) is 4.99. The van der Waals surface area contributed by atoms with Crippen LogP contribution in [0.5, 0.6) is 0 Å². The highest BCUT2D eigenvalue weighted by molar-refractivity contribution is 5.30. The highest BCUT2D eigenvalue weighted by atomic mass is 16.1. The molecule has 5 heteroatoms. The van der Waals surface area contributed by atoms with E-state index in [0.717, 1.165) is 19.6 Å². The molecule has 0 atom stereocenters. The van der Waals surface area contributed by atoms with Crippen LogP contribution in [0.3, 0.4) is 0 Å². The van der Waals surface area contributed by atoms with Crippen LogP contribution in [0, 0.1) is 5.92 Å². The van der Waals surface area contributed by atoms with E-state index in [1.165, 1.54) is 12.8 Å². The van der Waals surface area contributed by atoms with Gasteiger partial charge in [-0.05, 0) is 45.8 Å². The zero-order valence-electron chi connectivity index (χ0n) is 11.2. The van der Waals surface area contributed by atoms with Crippen molar-refractivity contribution < 1.29 is 0 Å². The molecule has 1 aliphatic rings. The van der Waals surface area contributed by atoms with Crippen molar-refractivity contribution in [2.45, 2.75) is 26.3 Å². The highest BCUT2D eigenvalue weighted by Crippen LogP contribution is 2.15. The maximum atomic E-state index is 12.0. The van der Waals surface area contributed by atoms with E-state index in [0.29, 0.717) is 18.3 Å². The van der Waals surface area contributed by atoms with Crippen molar-refractivity contribution in [2.75, 3.05) is 32.0 Å². The van der Waals surface area contributed by atoms with Crippen LogP contribution in [0.1, 0.15) is 19.8 Å². The summed E-state index contributed by atoms with van der Waals surface area (Å²) in [6.07, 6.45) is 5.79. The molecule has 0 amide bonds. The van der Waals surface area contributed by atoms with E-state index in [4.69, 9.17) is 0 Å². The van der Waals surface area contributed by atoms with Gasteiger partial charge in [0.05, 0.1) is 0 Å². The number of piperidine rings is 1. The topological polar surface area (TPSA) is 50.2 Å². The molecule has 1 N–H and O–H groups in total. The van der Waals surface area contributed by atoms with Crippen LogP contribution in [0.2, 0.25) is 0 Å². The van der Waals surface area contributed by atoms with Gasteiger partial charge in [-0.3, -0.25) is 4.79 Å². The number of likely N-dealkylation sites (tertiary alicyclic amines) is 1. The Kier molecular flexibility index (Phi) is 4.36. The lowest BCUT2D eigenvalue weighted by Crippen LogP contribution is -2.34. The average molecular weight is 250 g/mol. The second kappa shape index (κ2) is 6.00. The Balaban J connectivity index is 1.92. The minimum Gasteiger partial charge on any atom is -0.365 e. The molecule has 1 aromatic heterocycles. The van der Waals surface area contributed by atoms with Crippen LogP contribution in [-0.4, -0.2) is 41.1 Å². The molecular weight excluding hydrogens is 228 g/mol. The molecule has 1 fully saturated rings. The van der Waals surface area contributed by atoms with Gasteiger partial charge in [-0.15, -0.1) is 0 Å². The number of nitrogens with zero attached hydrogens (tertiary/aromatic N) is 3. The normalized spacial score (nSPS) is 17.9. The Hall–Kier alpha value is -1.36. The molecule has 0 bridgehead atoms. The summed E-state index contributed by atoms with van der Waals surface area (Å²) < 4.78 is 1.67. The smallest absolute Gasteiger partial charge is 0.293 e. The second-order valence-electron chi connectivity index (χ2n) is 4.99. The highest BCUT2D eigenvalue weighted by Gasteiger charge is 2.16. The first-order valence-corrected chi connectivity index (χ1v) is 6.68. The van der Waals surface area contributed by atoms with Gasteiger partial charge in [0.15, 0.2) is 5.82 Å². The van der Waals surface area contributed by atoms with Gasteiger partial charge in [0.25, 0.3) is 5.56 Å². The van der Waals surface area contributed by atoms with Gasteiger partial charge in [0, 0.05) is 25.5 Å². The molecule has 0 spiro atoms. The third-order valence-electron chi connectivity index (χ3n) is 3.65. The van der Waals surface area contributed by atoms with E-state index in [1.807, 2.05) is 6.92 Å². The Morgan fingerprint density at radius 2 is 2.17 bits per heavy atom. The standard InChI is InChI=1S/C13H22N4O/c1-3-17-9-6-14-12(13(17)18)15-10-11-4-7-16(2)8-5-11/h6,9,11H,3-5,7-8,10H2,1-2H3,(H,14,15). The molecule has 5 nitrogen and oxygen atoms in total. The molecule has 0 aromatic carbocycles. The predicted octanol–water partition coefficient (Wildman–Crippen LogP) is 1.02. The molecular formula is C13H22N4O. The quantitative estimate of drug-likeness (QED) is 0.866. The van der Waals surface area contributed by atoms with E-state index in [9.17, 15) is 4.79 Å². The monoisotopic (exact) mass is 250 g/mol. The maximum absolute atomic E-state index is 12.0. The SMILES string of the molecule is CCn1ccnc(NCC2CCN(C)CC2)c1=O. The summed E-state index contributed by atoms with van der Waals surface area (Å²) in [5, 5.41) is 3.21. The van der Waals surface area contributed by atoms with Crippen LogP contribution in [0.25, 0.3) is 0 Å². The number of hydrogen-bond acceptors (Lipinski definition) is 4. The molecule has 1 saturated heterocycles. The van der Waals surface area contributed by atoms with Crippen molar-refractivity contribution in [3.63, 3.8) is 0 Å². The number of aryl methyl sites for hydroxylation is 1. The molecule has 0 radical (unpaired) electrons. The summed E-state index contributed by atoms with van der Waals surface area (Å²) in [6, 6.07) is 0. The Morgan fingerprint density at radius 1 is 1.44 bits per heavy atom.